The van der Waals surface area contributed by atoms with Crippen LogP contribution in [0.3, 0.4) is 0 Å². The molecule has 3 rings (SSSR count). The standard InChI is InChI=1S/C24H31NSi/c1-6-10-21-16-23(25(3)17-24(21)26(4)5)22-14-13-20(15-18(22)2)19-11-8-7-9-12-19/h7-9,11-17,23,26H,6,10H2,1-5H3. The summed E-state index contributed by atoms with van der Waals surface area (Å²) < 4.78 is 0. The van der Waals surface area contributed by atoms with E-state index in [1.54, 1.807) is 10.8 Å². The van der Waals surface area contributed by atoms with E-state index in [0.29, 0.717) is 6.04 Å². The molecule has 136 valence electrons. The van der Waals surface area contributed by atoms with Crippen molar-refractivity contribution in [2.45, 2.75) is 45.8 Å². The normalized spacial score (nSPS) is 17.3. The van der Waals surface area contributed by atoms with Gasteiger partial charge in [-0.15, -0.1) is 0 Å². The molecule has 0 fully saturated rings. The fraction of sp³-hybridized carbons (Fsp3) is 0.333. The molecule has 0 radical (unpaired) electrons. The molecule has 1 nitrogen and oxygen atoms in total. The number of hydrogen-bond acceptors (Lipinski definition) is 1. The summed E-state index contributed by atoms with van der Waals surface area (Å²) in [5.41, 5.74) is 6.96. The zero-order valence-corrected chi connectivity index (χ0v) is 17.9. The summed E-state index contributed by atoms with van der Waals surface area (Å²) in [6.45, 7) is 9.40. The molecule has 26 heavy (non-hydrogen) atoms. The summed E-state index contributed by atoms with van der Waals surface area (Å²) >= 11 is 0. The number of allylic oxidation sites excluding steroid dienone is 2. The van der Waals surface area contributed by atoms with Crippen molar-refractivity contribution in [3.63, 3.8) is 0 Å². The second kappa shape index (κ2) is 8.09. The minimum atomic E-state index is -0.811. The number of aryl methyl sites for hydroxylation is 1. The van der Waals surface area contributed by atoms with Crippen LogP contribution in [0.15, 0.2) is 71.6 Å². The van der Waals surface area contributed by atoms with Gasteiger partial charge >= 0.3 is 0 Å². The van der Waals surface area contributed by atoms with Crippen LogP contribution in [0.25, 0.3) is 11.1 Å². The molecule has 0 saturated heterocycles. The van der Waals surface area contributed by atoms with Crippen molar-refractivity contribution in [2.75, 3.05) is 7.05 Å². The van der Waals surface area contributed by atoms with Gasteiger partial charge in [0.15, 0.2) is 0 Å². The highest BCUT2D eigenvalue weighted by Crippen LogP contribution is 2.35. The summed E-state index contributed by atoms with van der Waals surface area (Å²) in [5, 5.41) is 1.63. The number of rotatable bonds is 5. The molecule has 0 saturated carbocycles. The molecule has 2 heteroatoms. The van der Waals surface area contributed by atoms with Crippen LogP contribution in [0.5, 0.6) is 0 Å². The quantitative estimate of drug-likeness (QED) is 0.566. The predicted molar refractivity (Wildman–Crippen MR) is 117 cm³/mol. The predicted octanol–water partition coefficient (Wildman–Crippen LogP) is 6.28. The van der Waals surface area contributed by atoms with Gasteiger partial charge in [-0.2, -0.15) is 0 Å². The molecule has 0 amide bonds. The highest BCUT2D eigenvalue weighted by Gasteiger charge is 2.23. The van der Waals surface area contributed by atoms with Gasteiger partial charge in [0.05, 0.1) is 14.8 Å². The Morgan fingerprint density at radius 1 is 1.00 bits per heavy atom. The van der Waals surface area contributed by atoms with E-state index in [0.717, 1.165) is 0 Å². The van der Waals surface area contributed by atoms with Crippen molar-refractivity contribution in [1.29, 1.82) is 0 Å². The molecule has 0 bridgehead atoms. The molecule has 2 aromatic carbocycles. The molecular weight excluding hydrogens is 330 g/mol. The minimum Gasteiger partial charge on any atom is -0.370 e. The summed E-state index contributed by atoms with van der Waals surface area (Å²) in [7, 11) is 1.42. The molecule has 0 aliphatic carbocycles. The molecule has 0 aromatic heterocycles. The molecule has 0 spiro atoms. The lowest BCUT2D eigenvalue weighted by Gasteiger charge is -2.34. The summed E-state index contributed by atoms with van der Waals surface area (Å²) in [5.74, 6) is 0. The van der Waals surface area contributed by atoms with Gasteiger partial charge in [-0.1, -0.05) is 81.0 Å². The van der Waals surface area contributed by atoms with E-state index in [2.05, 4.69) is 99.7 Å². The van der Waals surface area contributed by atoms with E-state index in [1.807, 2.05) is 0 Å². The van der Waals surface area contributed by atoms with Gasteiger partial charge in [0.25, 0.3) is 0 Å². The Labute approximate surface area is 160 Å². The van der Waals surface area contributed by atoms with Crippen LogP contribution in [-0.2, 0) is 0 Å². The van der Waals surface area contributed by atoms with Gasteiger partial charge in [-0.3, -0.25) is 0 Å². The fourth-order valence-corrected chi connectivity index (χ4v) is 5.45. The molecular formula is C24H31NSi. The van der Waals surface area contributed by atoms with Crippen LogP contribution >= 0.6 is 0 Å². The van der Waals surface area contributed by atoms with Crippen molar-refractivity contribution in [3.05, 3.63) is 82.7 Å². The molecule has 1 aliphatic heterocycles. The van der Waals surface area contributed by atoms with Crippen LogP contribution in [0.4, 0.5) is 0 Å². The third-order valence-electron chi connectivity index (χ3n) is 5.35. The Morgan fingerprint density at radius 2 is 1.73 bits per heavy atom. The van der Waals surface area contributed by atoms with E-state index in [-0.39, 0.29) is 0 Å². The molecule has 0 N–H and O–H groups in total. The lowest BCUT2D eigenvalue weighted by atomic mass is 9.92. The maximum Gasteiger partial charge on any atom is 0.0726 e. The first kappa shape index (κ1) is 18.7. The third kappa shape index (κ3) is 3.86. The highest BCUT2D eigenvalue weighted by molar-refractivity contribution is 6.65. The van der Waals surface area contributed by atoms with Gasteiger partial charge in [0, 0.05) is 7.05 Å². The smallest absolute Gasteiger partial charge is 0.0726 e. The lowest BCUT2D eigenvalue weighted by molar-refractivity contribution is 0.383. The van der Waals surface area contributed by atoms with E-state index in [4.69, 9.17) is 0 Å². The van der Waals surface area contributed by atoms with Crippen molar-refractivity contribution in [3.8, 4) is 11.1 Å². The number of nitrogens with zero attached hydrogens (tertiary/aromatic N) is 1. The van der Waals surface area contributed by atoms with Crippen molar-refractivity contribution < 1.29 is 0 Å². The van der Waals surface area contributed by atoms with Crippen LogP contribution in [0.1, 0.15) is 36.9 Å². The Morgan fingerprint density at radius 3 is 2.35 bits per heavy atom. The topological polar surface area (TPSA) is 3.24 Å². The van der Waals surface area contributed by atoms with Gasteiger partial charge in [-0.25, -0.2) is 0 Å². The number of hydrogen-bond donors (Lipinski definition) is 0. The van der Waals surface area contributed by atoms with Crippen LogP contribution in [0.2, 0.25) is 13.1 Å². The van der Waals surface area contributed by atoms with Crippen LogP contribution in [0, 0.1) is 6.92 Å². The third-order valence-corrected chi connectivity index (χ3v) is 7.11. The molecule has 1 aliphatic rings. The highest BCUT2D eigenvalue weighted by atomic mass is 28.3. The zero-order chi connectivity index (χ0) is 18.7. The SMILES string of the molecule is CCCC1=CC(c2ccc(-c3ccccc3)cc2C)N(C)C=C1[SiH](C)C. The van der Waals surface area contributed by atoms with Gasteiger partial charge in [0.2, 0.25) is 0 Å². The Bertz CT molecular complexity index is 817. The summed E-state index contributed by atoms with van der Waals surface area (Å²) in [6, 6.07) is 17.9. The first-order valence-corrected chi connectivity index (χ1v) is 12.7. The largest absolute Gasteiger partial charge is 0.370 e. The van der Waals surface area contributed by atoms with Gasteiger partial charge < -0.3 is 4.90 Å². The molecule has 2 aromatic rings. The lowest BCUT2D eigenvalue weighted by Crippen LogP contribution is -2.26. The second-order valence-electron chi connectivity index (χ2n) is 7.73. The maximum absolute atomic E-state index is 2.52. The molecule has 1 atom stereocenters. The summed E-state index contributed by atoms with van der Waals surface area (Å²) in [4.78, 5) is 2.41. The first-order chi connectivity index (χ1) is 12.5. The fourth-order valence-electron chi connectivity index (χ4n) is 3.93. The Balaban J connectivity index is 1.96. The monoisotopic (exact) mass is 361 g/mol. The minimum absolute atomic E-state index is 0.345. The summed E-state index contributed by atoms with van der Waals surface area (Å²) in [6.07, 6.45) is 7.36. The van der Waals surface area contributed by atoms with Crippen LogP contribution in [-0.4, -0.2) is 20.7 Å². The zero-order valence-electron chi connectivity index (χ0n) is 16.8. The average molecular weight is 362 g/mol. The van der Waals surface area contributed by atoms with E-state index in [9.17, 15) is 0 Å². The molecule has 1 unspecified atom stereocenters. The van der Waals surface area contributed by atoms with Gasteiger partial charge in [0.1, 0.15) is 0 Å². The second-order valence-corrected chi connectivity index (χ2v) is 10.7. The Kier molecular flexibility index (Phi) is 5.82. The maximum atomic E-state index is 2.52. The van der Waals surface area contributed by atoms with Crippen LogP contribution < -0.4 is 0 Å². The van der Waals surface area contributed by atoms with E-state index < -0.39 is 8.80 Å². The van der Waals surface area contributed by atoms with Gasteiger partial charge in [-0.05, 0) is 52.6 Å². The van der Waals surface area contributed by atoms with E-state index in [1.165, 1.54) is 35.1 Å². The van der Waals surface area contributed by atoms with E-state index >= 15 is 0 Å². The van der Waals surface area contributed by atoms with Crippen molar-refractivity contribution in [2.24, 2.45) is 0 Å². The Hall–Kier alpha value is -2.06. The molecule has 1 heterocycles. The van der Waals surface area contributed by atoms with Crippen molar-refractivity contribution >= 4 is 8.80 Å². The first-order valence-electron chi connectivity index (χ1n) is 9.82. The number of benzene rings is 2. The van der Waals surface area contributed by atoms with Crippen molar-refractivity contribution in [1.82, 2.24) is 4.90 Å². The number of likely N-dealkylation sites (N-methyl/N-ethyl adjacent to an activating group) is 1. The average Bonchev–Trinajstić information content (AvgIpc) is 2.64.